The Hall–Kier alpha value is -1.55. The molecular weight excluding hydrogens is 288 g/mol. The Balaban J connectivity index is 2.02. The van der Waals surface area contributed by atoms with Gasteiger partial charge in [0, 0.05) is 18.6 Å². The van der Waals surface area contributed by atoms with E-state index in [2.05, 4.69) is 49.3 Å². The normalized spacial score (nSPS) is 18.1. The lowest BCUT2D eigenvalue weighted by molar-refractivity contribution is 0.00329. The number of rotatable bonds is 3. The number of likely N-dealkylation sites (N-methyl/N-ethyl adjacent to an activating group) is 1. The molecule has 1 saturated heterocycles. The van der Waals surface area contributed by atoms with E-state index >= 15 is 0 Å². The summed E-state index contributed by atoms with van der Waals surface area (Å²) in [7, 11) is 4.29. The molecule has 1 aliphatic heterocycles. The molecule has 0 radical (unpaired) electrons. The highest BCUT2D eigenvalue weighted by Crippen LogP contribution is 2.31. The number of nitrogens with zero attached hydrogens (tertiary/aromatic N) is 2. The van der Waals surface area contributed by atoms with Crippen LogP contribution >= 0.6 is 0 Å². The van der Waals surface area contributed by atoms with Gasteiger partial charge in [-0.15, -0.1) is 0 Å². The van der Waals surface area contributed by atoms with Gasteiger partial charge in [-0.05, 0) is 59.7 Å². The van der Waals surface area contributed by atoms with Crippen molar-refractivity contribution in [2.45, 2.75) is 51.2 Å². The molecule has 2 rings (SSSR count). The Morgan fingerprint density at radius 2 is 1.74 bits per heavy atom. The highest BCUT2D eigenvalue weighted by Gasteiger charge is 2.38. The highest BCUT2D eigenvalue weighted by atomic mass is 16.6. The molecule has 1 aliphatic rings. The third-order valence-electron chi connectivity index (χ3n) is 4.67. The third-order valence-corrected chi connectivity index (χ3v) is 4.67. The van der Waals surface area contributed by atoms with E-state index in [1.807, 2.05) is 25.7 Å². The van der Waals surface area contributed by atoms with Crippen LogP contribution in [0.5, 0.6) is 0 Å². The van der Waals surface area contributed by atoms with Crippen molar-refractivity contribution in [2.75, 3.05) is 27.2 Å². The maximum Gasteiger partial charge on any atom is 0.410 e. The predicted octanol–water partition coefficient (Wildman–Crippen LogP) is 3.56. The molecule has 0 N–H and O–H groups in total. The molecule has 1 fully saturated rings. The first-order chi connectivity index (χ1) is 10.7. The van der Waals surface area contributed by atoms with E-state index in [1.165, 1.54) is 5.56 Å². The van der Waals surface area contributed by atoms with Gasteiger partial charge in [0.15, 0.2) is 0 Å². The van der Waals surface area contributed by atoms with Gasteiger partial charge >= 0.3 is 6.09 Å². The molecule has 128 valence electrons. The van der Waals surface area contributed by atoms with Crippen molar-refractivity contribution in [3.63, 3.8) is 0 Å². The van der Waals surface area contributed by atoms with Crippen LogP contribution in [0, 0.1) is 0 Å². The quantitative estimate of drug-likeness (QED) is 0.854. The van der Waals surface area contributed by atoms with Crippen molar-refractivity contribution in [1.82, 2.24) is 9.80 Å². The summed E-state index contributed by atoms with van der Waals surface area (Å²) in [5, 5.41) is 0. The van der Waals surface area contributed by atoms with Crippen molar-refractivity contribution in [2.24, 2.45) is 0 Å². The van der Waals surface area contributed by atoms with Crippen LogP contribution < -0.4 is 0 Å². The summed E-state index contributed by atoms with van der Waals surface area (Å²) in [4.78, 5) is 16.4. The van der Waals surface area contributed by atoms with Crippen LogP contribution in [0.3, 0.4) is 0 Å². The molecule has 0 aromatic heterocycles. The number of hydrogen-bond donors (Lipinski definition) is 0. The fraction of sp³-hybridized carbons (Fsp3) is 0.632. The van der Waals surface area contributed by atoms with Crippen molar-refractivity contribution in [1.29, 1.82) is 0 Å². The molecule has 1 heterocycles. The summed E-state index contributed by atoms with van der Waals surface area (Å²) in [6.07, 6.45) is 2.76. The molecule has 0 aliphatic carbocycles. The minimum Gasteiger partial charge on any atom is -0.444 e. The molecule has 0 bridgehead atoms. The average molecular weight is 318 g/mol. The minimum atomic E-state index is -0.433. The van der Waals surface area contributed by atoms with Gasteiger partial charge in [0.25, 0.3) is 0 Å². The average Bonchev–Trinajstić information content (AvgIpc) is 2.47. The Kier molecular flexibility index (Phi) is 5.35. The lowest BCUT2D eigenvalue weighted by atomic mass is 9.81. The van der Waals surface area contributed by atoms with Crippen LogP contribution in [-0.2, 0) is 11.2 Å². The number of carbonyl (C=O) groups is 1. The first-order valence-electron chi connectivity index (χ1n) is 8.41. The van der Waals surface area contributed by atoms with Gasteiger partial charge in [-0.1, -0.05) is 30.3 Å². The SMILES string of the molecule is CN(C)C1(Cc2ccccc2)CCN(C(=O)OC(C)(C)C)CC1. The Morgan fingerprint density at radius 3 is 2.22 bits per heavy atom. The molecule has 1 aromatic rings. The molecule has 1 amide bonds. The topological polar surface area (TPSA) is 32.8 Å². The zero-order chi connectivity index (χ0) is 17.1. The molecule has 0 saturated carbocycles. The largest absolute Gasteiger partial charge is 0.444 e. The number of benzene rings is 1. The minimum absolute atomic E-state index is 0.111. The zero-order valence-corrected chi connectivity index (χ0v) is 15.1. The van der Waals surface area contributed by atoms with Crippen LogP contribution in [0.25, 0.3) is 0 Å². The van der Waals surface area contributed by atoms with Gasteiger partial charge in [-0.2, -0.15) is 0 Å². The van der Waals surface area contributed by atoms with Gasteiger partial charge in [0.2, 0.25) is 0 Å². The van der Waals surface area contributed by atoms with Crippen molar-refractivity contribution >= 4 is 6.09 Å². The maximum absolute atomic E-state index is 12.2. The van der Waals surface area contributed by atoms with Gasteiger partial charge in [-0.25, -0.2) is 4.79 Å². The first kappa shape index (κ1) is 17.8. The Bertz CT molecular complexity index is 512. The Morgan fingerprint density at radius 1 is 1.17 bits per heavy atom. The van der Waals surface area contributed by atoms with Gasteiger partial charge in [-0.3, -0.25) is 0 Å². The fourth-order valence-corrected chi connectivity index (χ4v) is 3.19. The number of carbonyl (C=O) groups excluding carboxylic acids is 1. The fourth-order valence-electron chi connectivity index (χ4n) is 3.19. The Labute approximate surface area is 140 Å². The zero-order valence-electron chi connectivity index (χ0n) is 15.1. The van der Waals surface area contributed by atoms with Crippen molar-refractivity contribution in [3.05, 3.63) is 35.9 Å². The molecular formula is C19H30N2O2. The van der Waals surface area contributed by atoms with E-state index in [4.69, 9.17) is 4.74 Å². The number of ether oxygens (including phenoxy) is 1. The van der Waals surface area contributed by atoms with E-state index in [0.717, 1.165) is 32.4 Å². The maximum atomic E-state index is 12.2. The van der Waals surface area contributed by atoms with Gasteiger partial charge < -0.3 is 14.5 Å². The van der Waals surface area contributed by atoms with Crippen LogP contribution in [0.1, 0.15) is 39.2 Å². The smallest absolute Gasteiger partial charge is 0.410 e. The predicted molar refractivity (Wildman–Crippen MR) is 93.6 cm³/mol. The monoisotopic (exact) mass is 318 g/mol. The second-order valence-electron chi connectivity index (χ2n) is 7.75. The van der Waals surface area contributed by atoms with E-state index in [1.54, 1.807) is 0 Å². The molecule has 1 aromatic carbocycles. The molecule has 4 heteroatoms. The van der Waals surface area contributed by atoms with Crippen LogP contribution in [-0.4, -0.2) is 54.2 Å². The molecule has 0 spiro atoms. The van der Waals surface area contributed by atoms with Gasteiger partial charge in [0.05, 0.1) is 0 Å². The lowest BCUT2D eigenvalue weighted by Crippen LogP contribution is -2.55. The summed E-state index contributed by atoms with van der Waals surface area (Å²) >= 11 is 0. The summed E-state index contributed by atoms with van der Waals surface area (Å²) in [5.74, 6) is 0. The van der Waals surface area contributed by atoms with Crippen molar-refractivity contribution in [3.8, 4) is 0 Å². The van der Waals surface area contributed by atoms with Crippen LogP contribution in [0.4, 0.5) is 4.79 Å². The van der Waals surface area contributed by atoms with E-state index in [-0.39, 0.29) is 11.6 Å². The second kappa shape index (κ2) is 6.91. The van der Waals surface area contributed by atoms with E-state index < -0.39 is 5.60 Å². The molecule has 23 heavy (non-hydrogen) atoms. The second-order valence-corrected chi connectivity index (χ2v) is 7.75. The lowest BCUT2D eigenvalue weighted by Gasteiger charge is -2.46. The molecule has 4 nitrogen and oxygen atoms in total. The third kappa shape index (κ3) is 4.71. The number of hydrogen-bond acceptors (Lipinski definition) is 3. The number of piperidine rings is 1. The van der Waals surface area contributed by atoms with E-state index in [9.17, 15) is 4.79 Å². The van der Waals surface area contributed by atoms with Crippen molar-refractivity contribution < 1.29 is 9.53 Å². The summed E-state index contributed by atoms with van der Waals surface area (Å²) in [5.41, 5.74) is 1.03. The van der Waals surface area contributed by atoms with Gasteiger partial charge in [0.1, 0.15) is 5.60 Å². The standard InChI is InChI=1S/C19H30N2O2/c1-18(2,3)23-17(22)21-13-11-19(12-14-21,20(4)5)15-16-9-7-6-8-10-16/h6-10H,11-15H2,1-5H3. The first-order valence-corrected chi connectivity index (χ1v) is 8.41. The number of likely N-dealkylation sites (tertiary alicyclic amines) is 1. The summed E-state index contributed by atoms with van der Waals surface area (Å²) in [6, 6.07) is 10.6. The summed E-state index contributed by atoms with van der Waals surface area (Å²) in [6.45, 7) is 7.23. The number of amides is 1. The van der Waals surface area contributed by atoms with Crippen LogP contribution in [0.15, 0.2) is 30.3 Å². The van der Waals surface area contributed by atoms with Crippen LogP contribution in [0.2, 0.25) is 0 Å². The highest BCUT2D eigenvalue weighted by molar-refractivity contribution is 5.68. The van der Waals surface area contributed by atoms with E-state index in [0.29, 0.717) is 0 Å². The summed E-state index contributed by atoms with van der Waals surface area (Å²) < 4.78 is 5.50. The molecule has 0 atom stereocenters. The molecule has 0 unspecified atom stereocenters.